The van der Waals surface area contributed by atoms with Gasteiger partial charge in [0.2, 0.25) is 5.28 Å². The molecule has 1 aromatic heterocycles. The first-order valence-corrected chi connectivity index (χ1v) is 5.36. The maximum absolute atomic E-state index is 13.8. The summed E-state index contributed by atoms with van der Waals surface area (Å²) < 4.78 is 27.3. The van der Waals surface area contributed by atoms with Gasteiger partial charge in [0.15, 0.2) is 11.6 Å². The van der Waals surface area contributed by atoms with Crippen LogP contribution in [0.4, 0.5) is 26.0 Å². The van der Waals surface area contributed by atoms with Crippen molar-refractivity contribution in [2.45, 2.75) is 6.92 Å². The van der Waals surface area contributed by atoms with Crippen LogP contribution in [0.5, 0.6) is 0 Å². The predicted octanol–water partition coefficient (Wildman–Crippen LogP) is 3.04. The second kappa shape index (κ2) is 4.73. The topological polar surface area (TPSA) is 63.8 Å². The number of hydrogen-bond donors (Lipinski definition) is 2. The summed E-state index contributed by atoms with van der Waals surface area (Å²) in [4.78, 5) is 7.41. The molecule has 0 saturated heterocycles. The molecule has 0 amide bonds. The van der Waals surface area contributed by atoms with E-state index < -0.39 is 11.6 Å². The summed E-state index contributed by atoms with van der Waals surface area (Å²) in [7, 11) is 0. The van der Waals surface area contributed by atoms with Gasteiger partial charge in [-0.25, -0.2) is 13.8 Å². The lowest BCUT2D eigenvalue weighted by Crippen LogP contribution is -2.04. The van der Waals surface area contributed by atoms with Gasteiger partial charge in [0.25, 0.3) is 0 Å². The highest BCUT2D eigenvalue weighted by atomic mass is 35.5. The minimum absolute atomic E-state index is 0.0541. The third kappa shape index (κ3) is 2.33. The molecule has 2 rings (SSSR count). The van der Waals surface area contributed by atoms with Crippen molar-refractivity contribution in [3.63, 3.8) is 0 Å². The van der Waals surface area contributed by atoms with Crippen LogP contribution in [0.15, 0.2) is 18.3 Å². The Morgan fingerprint density at radius 2 is 2.06 bits per heavy atom. The fourth-order valence-electron chi connectivity index (χ4n) is 1.36. The van der Waals surface area contributed by atoms with Gasteiger partial charge in [0.1, 0.15) is 11.5 Å². The van der Waals surface area contributed by atoms with Crippen molar-refractivity contribution in [3.05, 3.63) is 40.8 Å². The summed E-state index contributed by atoms with van der Waals surface area (Å²) in [5.74, 6) is -1.39. The predicted molar refractivity (Wildman–Crippen MR) is 65.8 cm³/mol. The van der Waals surface area contributed by atoms with Crippen LogP contribution >= 0.6 is 11.6 Å². The minimum Gasteiger partial charge on any atom is -0.394 e. The Morgan fingerprint density at radius 3 is 2.78 bits per heavy atom. The lowest BCUT2D eigenvalue weighted by atomic mass is 10.2. The molecule has 0 aliphatic carbocycles. The summed E-state index contributed by atoms with van der Waals surface area (Å²) in [5.41, 5.74) is 5.70. The normalized spacial score (nSPS) is 10.4. The van der Waals surface area contributed by atoms with Gasteiger partial charge in [-0.15, -0.1) is 0 Å². The zero-order valence-corrected chi connectivity index (χ0v) is 10.1. The number of benzene rings is 1. The molecule has 4 nitrogen and oxygen atoms in total. The van der Waals surface area contributed by atoms with Crippen LogP contribution in [-0.4, -0.2) is 9.97 Å². The average molecular weight is 271 g/mol. The first-order chi connectivity index (χ1) is 8.49. The van der Waals surface area contributed by atoms with E-state index in [0.29, 0.717) is 5.56 Å². The Balaban J connectivity index is 2.46. The van der Waals surface area contributed by atoms with E-state index in [9.17, 15) is 8.78 Å². The van der Waals surface area contributed by atoms with Gasteiger partial charge in [-0.05, 0) is 30.2 Å². The fourth-order valence-corrected chi connectivity index (χ4v) is 1.49. The highest BCUT2D eigenvalue weighted by Crippen LogP contribution is 2.27. The number of halogens is 3. The number of rotatable bonds is 2. The van der Waals surface area contributed by atoms with E-state index in [1.165, 1.54) is 19.2 Å². The first-order valence-electron chi connectivity index (χ1n) is 4.98. The number of nitrogens with one attached hydrogen (secondary N) is 1. The first kappa shape index (κ1) is 12.5. The zero-order chi connectivity index (χ0) is 13.3. The number of aryl methyl sites for hydroxylation is 1. The molecule has 2 aromatic rings. The van der Waals surface area contributed by atoms with Crippen molar-refractivity contribution in [2.75, 3.05) is 11.1 Å². The quantitative estimate of drug-likeness (QED) is 0.823. The van der Waals surface area contributed by atoms with Gasteiger partial charge < -0.3 is 11.1 Å². The summed E-state index contributed by atoms with van der Waals surface area (Å²) in [5, 5.41) is 2.41. The Hall–Kier alpha value is -1.95. The van der Waals surface area contributed by atoms with E-state index >= 15 is 0 Å². The highest BCUT2D eigenvalue weighted by Gasteiger charge is 2.13. The van der Waals surface area contributed by atoms with Crippen molar-refractivity contribution < 1.29 is 8.78 Å². The lowest BCUT2D eigenvalue weighted by molar-refractivity contribution is 0.585. The van der Waals surface area contributed by atoms with Gasteiger partial charge >= 0.3 is 0 Å². The molecule has 0 saturated carbocycles. The van der Waals surface area contributed by atoms with Crippen LogP contribution in [0.2, 0.25) is 5.28 Å². The molecule has 94 valence electrons. The molecule has 0 spiro atoms. The number of nitrogens with two attached hydrogens (primary N) is 1. The van der Waals surface area contributed by atoms with Crippen LogP contribution in [0.25, 0.3) is 0 Å². The van der Waals surface area contributed by atoms with Gasteiger partial charge in [-0.1, -0.05) is 6.07 Å². The molecule has 1 heterocycles. The standard InChI is InChI=1S/C11H9ClF2N4/c1-5-2-3-6(13)9(8(5)14)17-10-7(15)4-16-11(12)18-10/h2-4H,15H2,1H3,(H,16,17,18). The Kier molecular flexibility index (Phi) is 3.29. The van der Waals surface area contributed by atoms with Gasteiger partial charge in [-0.3, -0.25) is 0 Å². The number of hydrogen-bond acceptors (Lipinski definition) is 4. The SMILES string of the molecule is Cc1ccc(F)c(Nc2nc(Cl)ncc2N)c1F. The van der Waals surface area contributed by atoms with Crippen LogP contribution < -0.4 is 11.1 Å². The second-order valence-electron chi connectivity index (χ2n) is 3.62. The molecule has 0 fully saturated rings. The molecule has 18 heavy (non-hydrogen) atoms. The van der Waals surface area contributed by atoms with Crippen LogP contribution in [0, 0.1) is 18.6 Å². The molecular formula is C11H9ClF2N4. The van der Waals surface area contributed by atoms with Crippen molar-refractivity contribution in [3.8, 4) is 0 Å². The van der Waals surface area contributed by atoms with Crippen molar-refractivity contribution in [2.24, 2.45) is 0 Å². The maximum atomic E-state index is 13.8. The van der Waals surface area contributed by atoms with Gasteiger partial charge in [0, 0.05) is 0 Å². The molecule has 0 aliphatic rings. The number of nitrogen functional groups attached to an aromatic ring is 1. The molecule has 3 N–H and O–H groups in total. The van der Waals surface area contributed by atoms with Crippen molar-refractivity contribution in [1.82, 2.24) is 9.97 Å². The van der Waals surface area contributed by atoms with Crippen LogP contribution in [-0.2, 0) is 0 Å². The van der Waals surface area contributed by atoms with E-state index in [2.05, 4.69) is 15.3 Å². The summed E-state index contributed by atoms with van der Waals surface area (Å²) in [6.45, 7) is 1.52. The minimum atomic E-state index is -0.743. The molecule has 0 atom stereocenters. The summed E-state index contributed by atoms with van der Waals surface area (Å²) >= 11 is 5.59. The van der Waals surface area contributed by atoms with Crippen LogP contribution in [0.3, 0.4) is 0 Å². The molecule has 1 aromatic carbocycles. The van der Waals surface area contributed by atoms with Crippen molar-refractivity contribution in [1.29, 1.82) is 0 Å². The van der Waals surface area contributed by atoms with Crippen LogP contribution in [0.1, 0.15) is 5.56 Å². The lowest BCUT2D eigenvalue weighted by Gasteiger charge is -2.11. The van der Waals surface area contributed by atoms with Gasteiger partial charge in [0.05, 0.1) is 11.9 Å². The largest absolute Gasteiger partial charge is 0.394 e. The maximum Gasteiger partial charge on any atom is 0.224 e. The molecule has 0 aliphatic heterocycles. The van der Waals surface area contributed by atoms with Gasteiger partial charge in [-0.2, -0.15) is 4.98 Å². The van der Waals surface area contributed by atoms with E-state index in [-0.39, 0.29) is 22.5 Å². The monoisotopic (exact) mass is 270 g/mol. The average Bonchev–Trinajstić information content (AvgIpc) is 2.34. The Morgan fingerprint density at radius 1 is 1.33 bits per heavy atom. The third-order valence-corrected chi connectivity index (χ3v) is 2.50. The van der Waals surface area contributed by atoms with Crippen molar-refractivity contribution >= 4 is 28.8 Å². The number of aromatic nitrogens is 2. The molecule has 0 unspecified atom stereocenters. The Labute approximate surface area is 107 Å². The molecule has 0 bridgehead atoms. The van der Waals surface area contributed by atoms with E-state index in [4.69, 9.17) is 17.3 Å². The van der Waals surface area contributed by atoms with E-state index in [1.54, 1.807) is 0 Å². The number of anilines is 3. The summed E-state index contributed by atoms with van der Waals surface area (Å²) in [6, 6.07) is 2.49. The van der Waals surface area contributed by atoms with E-state index in [1.807, 2.05) is 0 Å². The Bertz CT molecular complexity index is 604. The zero-order valence-electron chi connectivity index (χ0n) is 9.34. The second-order valence-corrected chi connectivity index (χ2v) is 3.96. The highest BCUT2D eigenvalue weighted by molar-refractivity contribution is 6.28. The smallest absolute Gasteiger partial charge is 0.224 e. The summed E-state index contributed by atoms with van der Waals surface area (Å²) in [6.07, 6.45) is 1.25. The molecule has 7 heteroatoms. The fraction of sp³-hybridized carbons (Fsp3) is 0.0909. The third-order valence-electron chi connectivity index (χ3n) is 2.32. The number of nitrogens with zero attached hydrogens (tertiary/aromatic N) is 2. The van der Waals surface area contributed by atoms with E-state index in [0.717, 1.165) is 6.07 Å². The molecular weight excluding hydrogens is 262 g/mol. The molecule has 0 radical (unpaired) electrons.